The number of non-ortho nitro benzene ring substituents is 1. The van der Waals surface area contributed by atoms with Gasteiger partial charge in [-0.05, 0) is 43.9 Å². The average molecular weight is 347 g/mol. The van der Waals surface area contributed by atoms with Gasteiger partial charge in [-0.2, -0.15) is 0 Å². The Morgan fingerprint density at radius 2 is 1.92 bits per heavy atom. The number of rotatable bonds is 7. The summed E-state index contributed by atoms with van der Waals surface area (Å²) in [5, 5.41) is 10.6. The van der Waals surface area contributed by atoms with E-state index in [4.69, 9.17) is 4.74 Å². The Morgan fingerprint density at radius 1 is 1.24 bits per heavy atom. The zero-order valence-electron chi connectivity index (χ0n) is 14.2. The zero-order valence-corrected chi connectivity index (χ0v) is 14.2. The van der Waals surface area contributed by atoms with E-state index in [2.05, 4.69) is 0 Å². The lowest BCUT2D eigenvalue weighted by Gasteiger charge is -2.33. The quantitative estimate of drug-likeness (QED) is 0.325. The molecule has 1 unspecified atom stereocenters. The van der Waals surface area contributed by atoms with Crippen molar-refractivity contribution in [3.63, 3.8) is 0 Å². The molecule has 1 aromatic rings. The van der Waals surface area contributed by atoms with Crippen LogP contribution < -0.4 is 0 Å². The maximum atomic E-state index is 12.2. The summed E-state index contributed by atoms with van der Waals surface area (Å²) < 4.78 is 5.15. The molecule has 2 rings (SSSR count). The van der Waals surface area contributed by atoms with Crippen LogP contribution in [0.5, 0.6) is 0 Å². The Balaban J connectivity index is 1.88. The van der Waals surface area contributed by atoms with E-state index in [1.807, 2.05) is 0 Å². The topological polar surface area (TPSA) is 104 Å². The molecule has 7 nitrogen and oxygen atoms in total. The van der Waals surface area contributed by atoms with Gasteiger partial charge in [-0.15, -0.1) is 0 Å². The van der Waals surface area contributed by atoms with Crippen LogP contribution in [0.1, 0.15) is 51.0 Å². The Kier molecular flexibility index (Phi) is 6.01. The number of esters is 1. The SMILES string of the molecule is CC(=O)C1(CCC(=O)OCc2ccc([N+](=O)[O-])cc2)CCCCC1=O. The van der Waals surface area contributed by atoms with Gasteiger partial charge in [0.15, 0.2) is 0 Å². The second-order valence-electron chi connectivity index (χ2n) is 6.35. The van der Waals surface area contributed by atoms with Gasteiger partial charge in [0, 0.05) is 25.0 Å². The number of ketones is 2. The summed E-state index contributed by atoms with van der Waals surface area (Å²) in [4.78, 5) is 46.2. The number of nitro groups is 1. The monoisotopic (exact) mass is 347 g/mol. The smallest absolute Gasteiger partial charge is 0.306 e. The molecule has 1 fully saturated rings. The molecule has 0 N–H and O–H groups in total. The molecule has 0 spiro atoms. The highest BCUT2D eigenvalue weighted by Gasteiger charge is 2.43. The lowest BCUT2D eigenvalue weighted by Crippen LogP contribution is -2.41. The van der Waals surface area contributed by atoms with Gasteiger partial charge in [0.05, 0.1) is 10.3 Å². The molecule has 1 aliphatic rings. The summed E-state index contributed by atoms with van der Waals surface area (Å²) in [7, 11) is 0. The minimum absolute atomic E-state index is 0.00169. The third kappa shape index (κ3) is 4.49. The zero-order chi connectivity index (χ0) is 18.4. The highest BCUT2D eigenvalue weighted by molar-refractivity contribution is 6.06. The molecule has 134 valence electrons. The first-order chi connectivity index (χ1) is 11.8. The molecule has 0 heterocycles. The Hall–Kier alpha value is -2.57. The van der Waals surface area contributed by atoms with Crippen LogP contribution in [0.25, 0.3) is 0 Å². The first-order valence-corrected chi connectivity index (χ1v) is 8.28. The van der Waals surface area contributed by atoms with E-state index in [9.17, 15) is 24.5 Å². The second kappa shape index (κ2) is 8.00. The van der Waals surface area contributed by atoms with Crippen LogP contribution in [-0.4, -0.2) is 22.5 Å². The normalized spacial score (nSPS) is 20.1. The number of benzene rings is 1. The van der Waals surface area contributed by atoms with E-state index < -0.39 is 16.3 Å². The predicted octanol–water partition coefficient (Wildman–Crippen LogP) is 3.14. The third-order valence-corrected chi connectivity index (χ3v) is 4.77. The van der Waals surface area contributed by atoms with E-state index in [-0.39, 0.29) is 36.7 Å². The van der Waals surface area contributed by atoms with Crippen LogP contribution in [0.4, 0.5) is 5.69 Å². The van der Waals surface area contributed by atoms with Crippen molar-refractivity contribution in [1.29, 1.82) is 0 Å². The fourth-order valence-corrected chi connectivity index (χ4v) is 3.17. The van der Waals surface area contributed by atoms with Crippen molar-refractivity contribution < 1.29 is 24.0 Å². The molecule has 0 saturated heterocycles. The lowest BCUT2D eigenvalue weighted by molar-refractivity contribution is -0.384. The second-order valence-corrected chi connectivity index (χ2v) is 6.35. The Labute approximate surface area is 145 Å². The molecule has 25 heavy (non-hydrogen) atoms. The predicted molar refractivity (Wildman–Crippen MR) is 88.7 cm³/mol. The molecule has 1 aromatic carbocycles. The molecule has 0 aliphatic heterocycles. The van der Waals surface area contributed by atoms with Crippen LogP contribution >= 0.6 is 0 Å². The van der Waals surface area contributed by atoms with Crippen molar-refractivity contribution >= 4 is 23.2 Å². The molecule has 0 aromatic heterocycles. The van der Waals surface area contributed by atoms with E-state index in [0.717, 1.165) is 12.8 Å². The lowest BCUT2D eigenvalue weighted by atomic mass is 9.68. The van der Waals surface area contributed by atoms with Crippen LogP contribution in [0.2, 0.25) is 0 Å². The van der Waals surface area contributed by atoms with Crippen molar-refractivity contribution in [2.75, 3.05) is 0 Å². The number of ether oxygens (including phenoxy) is 1. The molecular weight excluding hydrogens is 326 g/mol. The molecule has 0 amide bonds. The van der Waals surface area contributed by atoms with Gasteiger partial charge < -0.3 is 4.74 Å². The maximum Gasteiger partial charge on any atom is 0.306 e. The summed E-state index contributed by atoms with van der Waals surface area (Å²) in [5.41, 5.74) is -0.437. The van der Waals surface area contributed by atoms with Gasteiger partial charge in [-0.25, -0.2) is 0 Å². The van der Waals surface area contributed by atoms with Gasteiger partial charge in [-0.1, -0.05) is 6.42 Å². The summed E-state index contributed by atoms with van der Waals surface area (Å²) in [6.07, 6.45) is 2.66. The van der Waals surface area contributed by atoms with E-state index in [1.165, 1.54) is 31.2 Å². The number of hydrogen-bond acceptors (Lipinski definition) is 6. The first kappa shape index (κ1) is 18.8. The fraction of sp³-hybridized carbons (Fsp3) is 0.500. The number of Topliss-reactive ketones (excluding diaryl/α,β-unsaturated/α-hetero) is 2. The van der Waals surface area contributed by atoms with Gasteiger partial charge in [-0.3, -0.25) is 24.5 Å². The Morgan fingerprint density at radius 3 is 2.48 bits per heavy atom. The van der Waals surface area contributed by atoms with Crippen molar-refractivity contribution in [3.8, 4) is 0 Å². The summed E-state index contributed by atoms with van der Waals surface area (Å²) in [6.45, 7) is 1.41. The van der Waals surface area contributed by atoms with Gasteiger partial charge in [0.1, 0.15) is 18.2 Å². The van der Waals surface area contributed by atoms with Gasteiger partial charge in [0.2, 0.25) is 0 Å². The molecule has 1 atom stereocenters. The average Bonchev–Trinajstić information content (AvgIpc) is 2.59. The van der Waals surface area contributed by atoms with E-state index in [0.29, 0.717) is 18.4 Å². The van der Waals surface area contributed by atoms with Gasteiger partial charge >= 0.3 is 5.97 Å². The largest absolute Gasteiger partial charge is 0.461 e. The molecular formula is C18H21NO6. The maximum absolute atomic E-state index is 12.2. The van der Waals surface area contributed by atoms with Gasteiger partial charge in [0.25, 0.3) is 5.69 Å². The minimum Gasteiger partial charge on any atom is -0.461 e. The standard InChI is InChI=1S/C18H21NO6/c1-13(20)18(10-3-2-4-16(18)21)11-9-17(22)25-12-14-5-7-15(8-6-14)19(23)24/h5-8H,2-4,9-12H2,1H3. The van der Waals surface area contributed by atoms with Crippen LogP contribution in [-0.2, 0) is 25.7 Å². The first-order valence-electron chi connectivity index (χ1n) is 8.28. The Bertz CT molecular complexity index is 681. The summed E-state index contributed by atoms with van der Waals surface area (Å²) in [6, 6.07) is 5.73. The van der Waals surface area contributed by atoms with Crippen LogP contribution in [0, 0.1) is 15.5 Å². The summed E-state index contributed by atoms with van der Waals surface area (Å²) in [5.74, 6) is -0.743. The van der Waals surface area contributed by atoms with Crippen molar-refractivity contribution in [2.24, 2.45) is 5.41 Å². The highest BCUT2D eigenvalue weighted by atomic mass is 16.6. The van der Waals surface area contributed by atoms with Crippen LogP contribution in [0.3, 0.4) is 0 Å². The minimum atomic E-state index is -1.04. The van der Waals surface area contributed by atoms with E-state index >= 15 is 0 Å². The van der Waals surface area contributed by atoms with Crippen molar-refractivity contribution in [3.05, 3.63) is 39.9 Å². The fourth-order valence-electron chi connectivity index (χ4n) is 3.17. The van der Waals surface area contributed by atoms with E-state index in [1.54, 1.807) is 0 Å². The molecule has 0 bridgehead atoms. The number of nitro benzene ring substituents is 1. The molecule has 1 saturated carbocycles. The number of carbonyl (C=O) groups excluding carboxylic acids is 3. The molecule has 7 heteroatoms. The van der Waals surface area contributed by atoms with Crippen LogP contribution in [0.15, 0.2) is 24.3 Å². The number of nitrogens with zero attached hydrogens (tertiary/aromatic N) is 1. The van der Waals surface area contributed by atoms with Crippen molar-refractivity contribution in [2.45, 2.75) is 52.1 Å². The number of hydrogen-bond donors (Lipinski definition) is 0. The highest BCUT2D eigenvalue weighted by Crippen LogP contribution is 2.38. The molecule has 1 aliphatic carbocycles. The third-order valence-electron chi connectivity index (χ3n) is 4.77. The van der Waals surface area contributed by atoms with Crippen molar-refractivity contribution in [1.82, 2.24) is 0 Å². The number of carbonyl (C=O) groups is 3. The molecule has 0 radical (unpaired) electrons. The summed E-state index contributed by atoms with van der Waals surface area (Å²) >= 11 is 0.